The first-order chi connectivity index (χ1) is 13.6. The van der Waals surface area contributed by atoms with Crippen LogP contribution >= 0.6 is 0 Å². The molecule has 0 N–H and O–H groups in total. The molecular weight excluding hydrogens is 354 g/mol. The third-order valence-corrected chi connectivity index (χ3v) is 6.36. The molecule has 6 heteroatoms. The van der Waals surface area contributed by atoms with Crippen LogP contribution in [0.3, 0.4) is 0 Å². The van der Waals surface area contributed by atoms with Crippen molar-refractivity contribution >= 4 is 16.9 Å². The standard InChI is InChI=1S/C22H31N3O3/c1-3-10-24-11-9-18-20(22(24)27)19(16(2)28-18)21(26)25-14-12-23(13-15-25)17-7-5-4-6-8-17/h9,11,17H,3-8,10,12-15H2,1-2H3. The van der Waals surface area contributed by atoms with Crippen LogP contribution in [-0.4, -0.2) is 52.5 Å². The second-order valence-electron chi connectivity index (χ2n) is 8.21. The van der Waals surface area contributed by atoms with Gasteiger partial charge in [-0.1, -0.05) is 26.2 Å². The summed E-state index contributed by atoms with van der Waals surface area (Å²) in [5, 5.41) is 0.438. The van der Waals surface area contributed by atoms with E-state index >= 15 is 0 Å². The van der Waals surface area contributed by atoms with Gasteiger partial charge in [0.05, 0.1) is 10.9 Å². The number of rotatable bonds is 4. The van der Waals surface area contributed by atoms with E-state index in [2.05, 4.69) is 4.90 Å². The highest BCUT2D eigenvalue weighted by atomic mass is 16.3. The summed E-state index contributed by atoms with van der Waals surface area (Å²) in [5.41, 5.74) is 0.844. The van der Waals surface area contributed by atoms with E-state index in [0.717, 1.165) is 32.6 Å². The van der Waals surface area contributed by atoms with Crippen molar-refractivity contribution in [3.63, 3.8) is 0 Å². The van der Waals surface area contributed by atoms with Gasteiger partial charge in [0.25, 0.3) is 11.5 Å². The Balaban J connectivity index is 1.55. The molecule has 152 valence electrons. The first-order valence-electron chi connectivity index (χ1n) is 10.8. The number of aryl methyl sites for hydroxylation is 2. The average molecular weight is 386 g/mol. The largest absolute Gasteiger partial charge is 0.460 e. The number of amides is 1. The number of piperazine rings is 1. The van der Waals surface area contributed by atoms with Crippen LogP contribution in [0.15, 0.2) is 21.5 Å². The van der Waals surface area contributed by atoms with Crippen LogP contribution in [0.2, 0.25) is 0 Å². The number of hydrogen-bond acceptors (Lipinski definition) is 4. The maximum atomic E-state index is 13.3. The van der Waals surface area contributed by atoms with Crippen LogP contribution in [0.25, 0.3) is 11.0 Å². The minimum Gasteiger partial charge on any atom is -0.460 e. The summed E-state index contributed by atoms with van der Waals surface area (Å²) >= 11 is 0. The summed E-state index contributed by atoms with van der Waals surface area (Å²) in [7, 11) is 0. The Labute approximate surface area is 166 Å². The van der Waals surface area contributed by atoms with E-state index in [1.165, 1.54) is 32.1 Å². The molecule has 3 heterocycles. The molecular formula is C22H31N3O3. The second-order valence-corrected chi connectivity index (χ2v) is 8.21. The van der Waals surface area contributed by atoms with Crippen LogP contribution in [0.4, 0.5) is 0 Å². The molecule has 4 rings (SSSR count). The molecule has 1 aliphatic heterocycles. The van der Waals surface area contributed by atoms with Crippen LogP contribution in [0.1, 0.15) is 61.6 Å². The van der Waals surface area contributed by atoms with Gasteiger partial charge in [0.2, 0.25) is 0 Å². The lowest BCUT2D eigenvalue weighted by atomic mass is 9.94. The van der Waals surface area contributed by atoms with E-state index in [9.17, 15) is 9.59 Å². The minimum atomic E-state index is -0.125. The molecule has 2 aliphatic rings. The zero-order chi connectivity index (χ0) is 19.7. The molecule has 0 spiro atoms. The van der Waals surface area contributed by atoms with Crippen molar-refractivity contribution in [2.45, 2.75) is 65.0 Å². The van der Waals surface area contributed by atoms with Gasteiger partial charge < -0.3 is 13.9 Å². The number of nitrogens with zero attached hydrogens (tertiary/aromatic N) is 3. The van der Waals surface area contributed by atoms with Crippen molar-refractivity contribution in [2.24, 2.45) is 0 Å². The zero-order valence-electron chi connectivity index (χ0n) is 17.1. The van der Waals surface area contributed by atoms with Crippen LogP contribution < -0.4 is 5.56 Å². The normalized spacial score (nSPS) is 19.4. The topological polar surface area (TPSA) is 58.7 Å². The zero-order valence-corrected chi connectivity index (χ0v) is 17.1. The molecule has 0 unspecified atom stereocenters. The number of fused-ring (bicyclic) bond motifs is 1. The molecule has 2 aromatic rings. The monoisotopic (exact) mass is 385 g/mol. The number of carbonyl (C=O) groups is 1. The molecule has 2 fully saturated rings. The molecule has 1 saturated heterocycles. The lowest BCUT2D eigenvalue weighted by Crippen LogP contribution is -2.52. The van der Waals surface area contributed by atoms with E-state index in [-0.39, 0.29) is 11.5 Å². The highest BCUT2D eigenvalue weighted by Crippen LogP contribution is 2.26. The third kappa shape index (κ3) is 3.50. The molecule has 2 aromatic heterocycles. The third-order valence-electron chi connectivity index (χ3n) is 6.36. The summed E-state index contributed by atoms with van der Waals surface area (Å²) in [4.78, 5) is 30.7. The smallest absolute Gasteiger partial charge is 0.262 e. The molecule has 0 atom stereocenters. The first-order valence-corrected chi connectivity index (χ1v) is 10.8. The predicted molar refractivity (Wildman–Crippen MR) is 110 cm³/mol. The molecule has 28 heavy (non-hydrogen) atoms. The Kier molecular flexibility index (Phi) is 5.58. The first kappa shape index (κ1) is 19.2. The maximum Gasteiger partial charge on any atom is 0.262 e. The molecule has 6 nitrogen and oxygen atoms in total. The van der Waals surface area contributed by atoms with Gasteiger partial charge in [0.1, 0.15) is 11.3 Å². The Bertz CT molecular complexity index is 900. The van der Waals surface area contributed by atoms with Crippen molar-refractivity contribution in [3.05, 3.63) is 33.9 Å². The van der Waals surface area contributed by atoms with Gasteiger partial charge >= 0.3 is 0 Å². The summed E-state index contributed by atoms with van der Waals surface area (Å²) < 4.78 is 7.45. The molecule has 1 amide bonds. The lowest BCUT2D eigenvalue weighted by molar-refractivity contribution is 0.0523. The molecule has 0 radical (unpaired) electrons. The van der Waals surface area contributed by atoms with Crippen LogP contribution in [0.5, 0.6) is 0 Å². The quantitative estimate of drug-likeness (QED) is 0.809. The Morgan fingerprint density at radius 2 is 1.86 bits per heavy atom. The molecule has 1 aliphatic carbocycles. The van der Waals surface area contributed by atoms with Crippen molar-refractivity contribution in [2.75, 3.05) is 26.2 Å². The van der Waals surface area contributed by atoms with Crippen molar-refractivity contribution in [3.8, 4) is 0 Å². The van der Waals surface area contributed by atoms with Gasteiger partial charge in [0, 0.05) is 45.0 Å². The van der Waals surface area contributed by atoms with Gasteiger partial charge in [-0.25, -0.2) is 0 Å². The fourth-order valence-corrected chi connectivity index (χ4v) is 4.83. The van der Waals surface area contributed by atoms with Crippen LogP contribution in [0, 0.1) is 6.92 Å². The second kappa shape index (κ2) is 8.11. The van der Waals surface area contributed by atoms with Gasteiger partial charge in [-0.3, -0.25) is 14.5 Å². The predicted octanol–water partition coefficient (Wildman–Crippen LogP) is 3.40. The van der Waals surface area contributed by atoms with E-state index in [1.807, 2.05) is 11.8 Å². The average Bonchev–Trinajstić information content (AvgIpc) is 3.07. The molecule has 0 aromatic carbocycles. The van der Waals surface area contributed by atoms with Crippen LogP contribution in [-0.2, 0) is 6.54 Å². The summed E-state index contributed by atoms with van der Waals surface area (Å²) in [5.74, 6) is 0.479. The number of aromatic nitrogens is 1. The van der Waals surface area contributed by atoms with Gasteiger partial charge in [-0.05, 0) is 32.3 Å². The number of hydrogen-bond donors (Lipinski definition) is 0. The van der Waals surface area contributed by atoms with E-state index in [4.69, 9.17) is 4.42 Å². The molecule has 1 saturated carbocycles. The lowest BCUT2D eigenvalue weighted by Gasteiger charge is -2.40. The van der Waals surface area contributed by atoms with Gasteiger partial charge in [0.15, 0.2) is 0 Å². The highest BCUT2D eigenvalue weighted by Gasteiger charge is 2.30. The van der Waals surface area contributed by atoms with E-state index in [1.54, 1.807) is 23.8 Å². The fraction of sp³-hybridized carbons (Fsp3) is 0.636. The SMILES string of the molecule is CCCn1ccc2oc(C)c(C(=O)N3CCN(C4CCCCC4)CC3)c2c1=O. The maximum absolute atomic E-state index is 13.3. The highest BCUT2D eigenvalue weighted by molar-refractivity contribution is 6.06. The number of pyridine rings is 1. The Morgan fingerprint density at radius 3 is 2.54 bits per heavy atom. The van der Waals surface area contributed by atoms with E-state index in [0.29, 0.717) is 34.9 Å². The van der Waals surface area contributed by atoms with Gasteiger partial charge in [-0.15, -0.1) is 0 Å². The van der Waals surface area contributed by atoms with E-state index < -0.39 is 0 Å². The van der Waals surface area contributed by atoms with Crippen molar-refractivity contribution in [1.82, 2.24) is 14.4 Å². The van der Waals surface area contributed by atoms with Crippen molar-refractivity contribution < 1.29 is 9.21 Å². The molecule has 0 bridgehead atoms. The van der Waals surface area contributed by atoms with Crippen molar-refractivity contribution in [1.29, 1.82) is 0 Å². The Morgan fingerprint density at radius 1 is 1.14 bits per heavy atom. The number of furan rings is 1. The van der Waals surface area contributed by atoms with Gasteiger partial charge in [-0.2, -0.15) is 0 Å². The summed E-state index contributed by atoms with van der Waals surface area (Å²) in [6.45, 7) is 7.75. The summed E-state index contributed by atoms with van der Waals surface area (Å²) in [6.07, 6.45) is 9.22. The number of carbonyl (C=O) groups excluding carboxylic acids is 1. The fourth-order valence-electron chi connectivity index (χ4n) is 4.83. The summed E-state index contributed by atoms with van der Waals surface area (Å²) in [6, 6.07) is 2.49. The minimum absolute atomic E-state index is 0.0640. The Hall–Kier alpha value is -2.08.